The highest BCUT2D eigenvalue weighted by Crippen LogP contribution is 2.40. The standard InChI is InChI=1S/C23H27N3O6S/c1-16-14-17(2)21(18(3)15-16)33(30,31)25-12-13-32-23(25)8-10-24(11-9-23)22(27)19-4-6-20(7-5-19)26(28)29/h4-7,14-15H,8-13H2,1-3H3. The van der Waals surface area contributed by atoms with E-state index in [0.29, 0.717) is 54.1 Å². The van der Waals surface area contributed by atoms with Crippen LogP contribution in [-0.2, 0) is 14.8 Å². The van der Waals surface area contributed by atoms with Crippen LogP contribution in [0.3, 0.4) is 0 Å². The van der Waals surface area contributed by atoms with E-state index >= 15 is 0 Å². The molecular formula is C23H27N3O6S. The predicted molar refractivity (Wildman–Crippen MR) is 121 cm³/mol. The van der Waals surface area contributed by atoms with Crippen LogP contribution in [-0.4, -0.2) is 60.4 Å². The first-order valence-electron chi connectivity index (χ1n) is 10.8. The molecular weight excluding hydrogens is 446 g/mol. The second-order valence-electron chi connectivity index (χ2n) is 8.70. The van der Waals surface area contributed by atoms with E-state index in [2.05, 4.69) is 0 Å². The SMILES string of the molecule is Cc1cc(C)c(S(=O)(=O)N2CCOC23CCN(C(=O)c2ccc([N+](=O)[O-])cc2)CC3)c(C)c1. The largest absolute Gasteiger partial charge is 0.358 e. The number of nitro benzene ring substituents is 1. The summed E-state index contributed by atoms with van der Waals surface area (Å²) in [6.07, 6.45) is 0.712. The number of ether oxygens (including phenoxy) is 1. The first-order chi connectivity index (χ1) is 15.5. The number of nitro groups is 1. The van der Waals surface area contributed by atoms with Gasteiger partial charge in [-0.25, -0.2) is 8.42 Å². The zero-order valence-corrected chi connectivity index (χ0v) is 19.7. The number of rotatable bonds is 4. The maximum absolute atomic E-state index is 13.7. The third-order valence-electron chi connectivity index (χ3n) is 6.43. The van der Waals surface area contributed by atoms with E-state index in [4.69, 9.17) is 4.74 Å². The number of benzene rings is 2. The molecule has 4 rings (SSSR count). The number of hydrogen-bond donors (Lipinski definition) is 0. The fourth-order valence-corrected chi connectivity index (χ4v) is 7.12. The van der Waals surface area contributed by atoms with Gasteiger partial charge in [-0.3, -0.25) is 14.9 Å². The summed E-state index contributed by atoms with van der Waals surface area (Å²) in [5.74, 6) is -0.239. The van der Waals surface area contributed by atoms with Crippen molar-refractivity contribution in [2.45, 2.75) is 44.2 Å². The van der Waals surface area contributed by atoms with Crippen molar-refractivity contribution < 1.29 is 22.9 Å². The Hall–Kier alpha value is -2.82. The van der Waals surface area contributed by atoms with Gasteiger partial charge in [0.2, 0.25) is 10.0 Å². The van der Waals surface area contributed by atoms with Gasteiger partial charge in [-0.1, -0.05) is 17.7 Å². The van der Waals surface area contributed by atoms with Crippen molar-refractivity contribution in [2.24, 2.45) is 0 Å². The number of non-ortho nitro benzene ring substituents is 1. The molecule has 33 heavy (non-hydrogen) atoms. The van der Waals surface area contributed by atoms with E-state index in [9.17, 15) is 23.3 Å². The smallest absolute Gasteiger partial charge is 0.269 e. The second kappa shape index (κ2) is 8.51. The summed E-state index contributed by atoms with van der Waals surface area (Å²) in [5.41, 5.74) is 1.73. The summed E-state index contributed by atoms with van der Waals surface area (Å²) in [6.45, 7) is 6.78. The van der Waals surface area contributed by atoms with E-state index in [0.717, 1.165) is 5.56 Å². The van der Waals surface area contributed by atoms with E-state index in [1.165, 1.54) is 28.6 Å². The Morgan fingerprint density at radius 3 is 2.15 bits per heavy atom. The van der Waals surface area contributed by atoms with Gasteiger partial charge in [-0.15, -0.1) is 0 Å². The van der Waals surface area contributed by atoms with Gasteiger partial charge in [-0.2, -0.15) is 4.31 Å². The molecule has 0 N–H and O–H groups in total. The highest BCUT2D eigenvalue weighted by atomic mass is 32.2. The summed E-state index contributed by atoms with van der Waals surface area (Å²) >= 11 is 0. The molecule has 0 radical (unpaired) electrons. The first-order valence-corrected chi connectivity index (χ1v) is 12.3. The molecule has 0 bridgehead atoms. The molecule has 0 saturated carbocycles. The Morgan fingerprint density at radius 1 is 1.03 bits per heavy atom. The molecule has 0 atom stereocenters. The molecule has 10 heteroatoms. The molecule has 2 fully saturated rings. The monoisotopic (exact) mass is 473 g/mol. The van der Waals surface area contributed by atoms with Crippen molar-refractivity contribution in [3.05, 3.63) is 68.8 Å². The van der Waals surface area contributed by atoms with Gasteiger partial charge < -0.3 is 9.64 Å². The molecule has 2 heterocycles. The average molecular weight is 474 g/mol. The molecule has 1 amide bonds. The average Bonchev–Trinajstić information content (AvgIpc) is 3.17. The molecule has 176 valence electrons. The fourth-order valence-electron chi connectivity index (χ4n) is 4.98. The highest BCUT2D eigenvalue weighted by molar-refractivity contribution is 7.89. The molecule has 2 aromatic rings. The summed E-state index contributed by atoms with van der Waals surface area (Å²) in [5, 5.41) is 10.8. The van der Waals surface area contributed by atoms with Crippen molar-refractivity contribution in [1.29, 1.82) is 0 Å². The summed E-state index contributed by atoms with van der Waals surface area (Å²) in [6, 6.07) is 9.23. The Balaban J connectivity index is 1.54. The summed E-state index contributed by atoms with van der Waals surface area (Å²) < 4.78 is 34.9. The minimum absolute atomic E-state index is 0.0777. The van der Waals surface area contributed by atoms with Crippen LogP contribution in [0.2, 0.25) is 0 Å². The maximum Gasteiger partial charge on any atom is 0.269 e. The van der Waals surface area contributed by atoms with Crippen LogP contribution in [0.15, 0.2) is 41.3 Å². The van der Waals surface area contributed by atoms with E-state index in [-0.39, 0.29) is 18.1 Å². The Kier molecular flexibility index (Phi) is 6.02. The van der Waals surface area contributed by atoms with Crippen molar-refractivity contribution in [2.75, 3.05) is 26.2 Å². The lowest BCUT2D eigenvalue weighted by molar-refractivity contribution is -0.384. The van der Waals surface area contributed by atoms with Crippen LogP contribution in [0.1, 0.15) is 39.9 Å². The lowest BCUT2D eigenvalue weighted by atomic mass is 10.00. The number of carbonyl (C=O) groups excluding carboxylic acids is 1. The number of aryl methyl sites for hydroxylation is 3. The van der Waals surface area contributed by atoms with Crippen LogP contribution in [0.25, 0.3) is 0 Å². The van der Waals surface area contributed by atoms with Crippen LogP contribution >= 0.6 is 0 Å². The minimum atomic E-state index is -3.79. The zero-order valence-electron chi connectivity index (χ0n) is 18.9. The number of amides is 1. The van der Waals surface area contributed by atoms with Gasteiger partial charge >= 0.3 is 0 Å². The van der Waals surface area contributed by atoms with Gasteiger partial charge in [0.1, 0.15) is 5.72 Å². The molecule has 9 nitrogen and oxygen atoms in total. The minimum Gasteiger partial charge on any atom is -0.358 e. The number of hydrogen-bond acceptors (Lipinski definition) is 6. The molecule has 0 aromatic heterocycles. The first kappa shape index (κ1) is 23.3. The van der Waals surface area contributed by atoms with E-state index in [1.54, 1.807) is 4.90 Å². The van der Waals surface area contributed by atoms with Crippen LogP contribution < -0.4 is 0 Å². The maximum atomic E-state index is 13.7. The third-order valence-corrected chi connectivity index (χ3v) is 8.68. The molecule has 1 spiro atoms. The summed E-state index contributed by atoms with van der Waals surface area (Å²) in [7, 11) is -3.79. The molecule has 2 aliphatic rings. The number of sulfonamides is 1. The molecule has 0 aliphatic carbocycles. The van der Waals surface area contributed by atoms with Crippen molar-refractivity contribution >= 4 is 21.6 Å². The van der Waals surface area contributed by atoms with Crippen molar-refractivity contribution in [1.82, 2.24) is 9.21 Å². The Bertz CT molecular complexity index is 1180. The second-order valence-corrected chi connectivity index (χ2v) is 10.5. The van der Waals surface area contributed by atoms with E-state index < -0.39 is 20.7 Å². The van der Waals surface area contributed by atoms with Crippen LogP contribution in [0.5, 0.6) is 0 Å². The quantitative estimate of drug-likeness (QED) is 0.498. The Morgan fingerprint density at radius 2 is 1.61 bits per heavy atom. The zero-order chi connectivity index (χ0) is 24.0. The summed E-state index contributed by atoms with van der Waals surface area (Å²) in [4.78, 5) is 25.2. The van der Waals surface area contributed by atoms with Gasteiger partial charge in [0.05, 0.1) is 16.4 Å². The topological polar surface area (TPSA) is 110 Å². The predicted octanol–water partition coefficient (Wildman–Crippen LogP) is 3.17. The van der Waals surface area contributed by atoms with Gasteiger partial charge in [0.15, 0.2) is 0 Å². The normalized spacial score (nSPS) is 18.6. The van der Waals surface area contributed by atoms with Crippen LogP contribution in [0, 0.1) is 30.9 Å². The third kappa shape index (κ3) is 4.14. The van der Waals surface area contributed by atoms with Gasteiger partial charge in [0.25, 0.3) is 11.6 Å². The molecule has 2 aliphatic heterocycles. The van der Waals surface area contributed by atoms with Crippen molar-refractivity contribution in [3.8, 4) is 0 Å². The fraction of sp³-hybridized carbons (Fsp3) is 0.435. The van der Waals surface area contributed by atoms with Gasteiger partial charge in [-0.05, 0) is 44.0 Å². The number of piperidine rings is 1. The molecule has 2 aromatic carbocycles. The number of carbonyl (C=O) groups is 1. The lowest BCUT2D eigenvalue weighted by Crippen LogP contribution is -2.55. The van der Waals surface area contributed by atoms with E-state index in [1.807, 2.05) is 32.9 Å². The Labute approximate surface area is 193 Å². The lowest BCUT2D eigenvalue weighted by Gasteiger charge is -2.43. The molecule has 2 saturated heterocycles. The number of nitrogens with zero attached hydrogens (tertiary/aromatic N) is 3. The highest BCUT2D eigenvalue weighted by Gasteiger charge is 2.51. The van der Waals surface area contributed by atoms with Gasteiger partial charge in [0, 0.05) is 50.2 Å². The number of likely N-dealkylation sites (tertiary alicyclic amines) is 1. The van der Waals surface area contributed by atoms with Crippen LogP contribution in [0.4, 0.5) is 5.69 Å². The molecule has 0 unspecified atom stereocenters. The van der Waals surface area contributed by atoms with Crippen molar-refractivity contribution in [3.63, 3.8) is 0 Å².